The summed E-state index contributed by atoms with van der Waals surface area (Å²) in [5.74, 6) is -0.244. The third kappa shape index (κ3) is 4.01. The fourth-order valence-electron chi connectivity index (χ4n) is 2.88. The predicted molar refractivity (Wildman–Crippen MR) is 79.3 cm³/mol. The van der Waals surface area contributed by atoms with Gasteiger partial charge in [0.05, 0.1) is 6.10 Å². The lowest BCUT2D eigenvalue weighted by atomic mass is 10.0. The van der Waals surface area contributed by atoms with Gasteiger partial charge in [-0.05, 0) is 56.2 Å². The van der Waals surface area contributed by atoms with Crippen molar-refractivity contribution >= 4 is 0 Å². The molecule has 0 radical (unpaired) electrons. The maximum absolute atomic E-state index is 13.1. The molecule has 0 spiro atoms. The molecule has 1 atom stereocenters. The van der Waals surface area contributed by atoms with Gasteiger partial charge in [0.2, 0.25) is 0 Å². The van der Waals surface area contributed by atoms with Crippen molar-refractivity contribution in [1.82, 2.24) is 9.80 Å². The Balaban J connectivity index is 1.95. The Kier molecular flexibility index (Phi) is 5.52. The topological polar surface area (TPSA) is 26.7 Å². The van der Waals surface area contributed by atoms with E-state index in [4.69, 9.17) is 0 Å². The Morgan fingerprint density at radius 1 is 1.20 bits per heavy atom. The summed E-state index contributed by atoms with van der Waals surface area (Å²) >= 11 is 0. The van der Waals surface area contributed by atoms with Crippen LogP contribution in [-0.4, -0.2) is 54.2 Å². The zero-order chi connectivity index (χ0) is 14.5. The predicted octanol–water partition coefficient (Wildman–Crippen LogP) is 2.20. The van der Waals surface area contributed by atoms with E-state index in [-0.39, 0.29) is 5.82 Å². The van der Waals surface area contributed by atoms with Crippen molar-refractivity contribution in [3.05, 3.63) is 35.1 Å². The highest BCUT2D eigenvalue weighted by Crippen LogP contribution is 2.20. The number of hydrogen-bond donors (Lipinski definition) is 1. The van der Waals surface area contributed by atoms with E-state index in [1.165, 1.54) is 12.1 Å². The number of hydrogen-bond acceptors (Lipinski definition) is 3. The van der Waals surface area contributed by atoms with Crippen molar-refractivity contribution in [1.29, 1.82) is 0 Å². The van der Waals surface area contributed by atoms with E-state index in [2.05, 4.69) is 16.7 Å². The molecule has 0 aromatic heterocycles. The molecule has 1 aliphatic rings. The van der Waals surface area contributed by atoms with E-state index in [9.17, 15) is 9.50 Å². The zero-order valence-corrected chi connectivity index (χ0v) is 12.5. The minimum atomic E-state index is -0.538. The lowest BCUT2D eigenvalue weighted by Crippen LogP contribution is -2.33. The van der Waals surface area contributed by atoms with Crippen molar-refractivity contribution in [2.75, 3.05) is 39.3 Å². The fraction of sp³-hybridized carbons (Fsp3) is 0.625. The normalized spacial score (nSPS) is 19.8. The Bertz CT molecular complexity index is 438. The lowest BCUT2D eigenvalue weighted by Gasteiger charge is -2.24. The summed E-state index contributed by atoms with van der Waals surface area (Å²) in [7, 11) is 0. The number of likely N-dealkylation sites (N-methyl/N-ethyl adjacent to an activating group) is 1. The molecule has 1 heterocycles. The number of β-amino-alcohol motifs (C(OH)–C–C–N with tert-alkyl or cyclic N) is 1. The van der Waals surface area contributed by atoms with Crippen molar-refractivity contribution in [2.24, 2.45) is 0 Å². The van der Waals surface area contributed by atoms with Crippen LogP contribution in [0.5, 0.6) is 0 Å². The van der Waals surface area contributed by atoms with Crippen molar-refractivity contribution < 1.29 is 9.50 Å². The first-order valence-corrected chi connectivity index (χ1v) is 7.49. The largest absolute Gasteiger partial charge is 0.387 e. The summed E-state index contributed by atoms with van der Waals surface area (Å²) in [5, 5.41) is 10.4. The summed E-state index contributed by atoms with van der Waals surface area (Å²) in [6, 6.07) is 4.61. The summed E-state index contributed by atoms with van der Waals surface area (Å²) in [4.78, 5) is 4.75. The Morgan fingerprint density at radius 2 is 1.90 bits per heavy atom. The molecule has 0 bridgehead atoms. The first-order chi connectivity index (χ1) is 9.60. The summed E-state index contributed by atoms with van der Waals surface area (Å²) in [5.41, 5.74) is 1.66. The highest BCUT2D eigenvalue weighted by atomic mass is 19.1. The average Bonchev–Trinajstić information content (AvgIpc) is 2.63. The van der Waals surface area contributed by atoms with Gasteiger partial charge in [0, 0.05) is 19.6 Å². The van der Waals surface area contributed by atoms with Crippen LogP contribution in [0, 0.1) is 12.7 Å². The van der Waals surface area contributed by atoms with Crippen LogP contribution in [0.1, 0.15) is 30.6 Å². The van der Waals surface area contributed by atoms with Crippen LogP contribution in [0.15, 0.2) is 18.2 Å². The van der Waals surface area contributed by atoms with Crippen LogP contribution in [-0.2, 0) is 0 Å². The maximum Gasteiger partial charge on any atom is 0.123 e. The molecule has 1 N–H and O–H groups in total. The molecule has 1 unspecified atom stereocenters. The molecule has 4 heteroatoms. The molecule has 1 saturated heterocycles. The number of halogens is 1. The minimum Gasteiger partial charge on any atom is -0.387 e. The lowest BCUT2D eigenvalue weighted by molar-refractivity contribution is 0.114. The number of benzene rings is 1. The highest BCUT2D eigenvalue weighted by Gasteiger charge is 2.18. The second-order valence-corrected chi connectivity index (χ2v) is 5.61. The molecular weight excluding hydrogens is 255 g/mol. The van der Waals surface area contributed by atoms with Gasteiger partial charge in [-0.2, -0.15) is 0 Å². The number of nitrogens with zero attached hydrogens (tertiary/aromatic N) is 2. The van der Waals surface area contributed by atoms with Gasteiger partial charge in [0.15, 0.2) is 0 Å². The molecule has 0 amide bonds. The second-order valence-electron chi connectivity index (χ2n) is 5.61. The van der Waals surface area contributed by atoms with Gasteiger partial charge >= 0.3 is 0 Å². The van der Waals surface area contributed by atoms with Crippen molar-refractivity contribution in [3.63, 3.8) is 0 Å². The molecule has 1 aromatic rings. The number of rotatable bonds is 4. The SMILES string of the molecule is CCN1CCCN(CC(O)c2ccc(F)cc2C)CC1. The van der Waals surface area contributed by atoms with Gasteiger partial charge < -0.3 is 10.0 Å². The second kappa shape index (κ2) is 7.16. The van der Waals surface area contributed by atoms with E-state index in [1.54, 1.807) is 6.07 Å². The van der Waals surface area contributed by atoms with Gasteiger partial charge in [-0.25, -0.2) is 4.39 Å². The number of aliphatic hydroxyl groups excluding tert-OH is 1. The van der Waals surface area contributed by atoms with Crippen LogP contribution >= 0.6 is 0 Å². The van der Waals surface area contributed by atoms with Crippen LogP contribution in [0.3, 0.4) is 0 Å². The van der Waals surface area contributed by atoms with Crippen LogP contribution in [0.25, 0.3) is 0 Å². The van der Waals surface area contributed by atoms with E-state index in [0.717, 1.165) is 50.3 Å². The third-order valence-electron chi connectivity index (χ3n) is 4.15. The van der Waals surface area contributed by atoms with Crippen molar-refractivity contribution in [3.8, 4) is 0 Å². The van der Waals surface area contributed by atoms with E-state index in [0.29, 0.717) is 6.54 Å². The average molecular weight is 280 g/mol. The molecule has 112 valence electrons. The third-order valence-corrected chi connectivity index (χ3v) is 4.15. The Morgan fingerprint density at radius 3 is 2.60 bits per heavy atom. The number of aryl methyl sites for hydroxylation is 1. The molecule has 1 aliphatic heterocycles. The standard InChI is InChI=1S/C16H25FN2O/c1-3-18-7-4-8-19(10-9-18)12-16(20)15-6-5-14(17)11-13(15)2/h5-6,11,16,20H,3-4,7-10,12H2,1-2H3. The monoisotopic (exact) mass is 280 g/mol. The fourth-order valence-corrected chi connectivity index (χ4v) is 2.88. The molecule has 3 nitrogen and oxygen atoms in total. The first-order valence-electron chi connectivity index (χ1n) is 7.49. The zero-order valence-electron chi connectivity index (χ0n) is 12.5. The molecule has 2 rings (SSSR count). The summed E-state index contributed by atoms with van der Waals surface area (Å²) in [6.45, 7) is 9.97. The van der Waals surface area contributed by atoms with Crippen LogP contribution in [0.2, 0.25) is 0 Å². The maximum atomic E-state index is 13.1. The molecule has 0 aliphatic carbocycles. The van der Waals surface area contributed by atoms with E-state index < -0.39 is 6.10 Å². The quantitative estimate of drug-likeness (QED) is 0.916. The van der Waals surface area contributed by atoms with E-state index >= 15 is 0 Å². The van der Waals surface area contributed by atoms with Crippen molar-refractivity contribution in [2.45, 2.75) is 26.4 Å². The molecule has 1 fully saturated rings. The molecule has 20 heavy (non-hydrogen) atoms. The van der Waals surface area contributed by atoms with E-state index in [1.807, 2.05) is 6.92 Å². The van der Waals surface area contributed by atoms with Gasteiger partial charge in [-0.1, -0.05) is 13.0 Å². The van der Waals surface area contributed by atoms with Gasteiger partial charge in [-0.15, -0.1) is 0 Å². The molecule has 1 aromatic carbocycles. The molecule has 0 saturated carbocycles. The van der Waals surface area contributed by atoms with Gasteiger partial charge in [-0.3, -0.25) is 4.90 Å². The minimum absolute atomic E-state index is 0.244. The summed E-state index contributed by atoms with van der Waals surface area (Å²) < 4.78 is 13.1. The highest BCUT2D eigenvalue weighted by molar-refractivity contribution is 5.28. The van der Waals surface area contributed by atoms with Crippen LogP contribution in [0.4, 0.5) is 4.39 Å². The van der Waals surface area contributed by atoms with Crippen LogP contribution < -0.4 is 0 Å². The number of aliphatic hydroxyl groups is 1. The van der Waals surface area contributed by atoms with Gasteiger partial charge in [0.1, 0.15) is 5.82 Å². The Hall–Kier alpha value is -0.970. The molecular formula is C16H25FN2O. The first kappa shape index (κ1) is 15.4. The van der Waals surface area contributed by atoms with Gasteiger partial charge in [0.25, 0.3) is 0 Å². The smallest absolute Gasteiger partial charge is 0.123 e. The summed E-state index contributed by atoms with van der Waals surface area (Å²) in [6.07, 6.45) is 0.604. The Labute approximate surface area is 121 Å².